The van der Waals surface area contributed by atoms with Crippen LogP contribution in [0.15, 0.2) is 47.5 Å². The molecule has 1 heterocycles. The summed E-state index contributed by atoms with van der Waals surface area (Å²) in [5.74, 6) is -0.00989. The zero-order valence-electron chi connectivity index (χ0n) is 13.8. The van der Waals surface area contributed by atoms with Gasteiger partial charge in [0.15, 0.2) is 5.78 Å². The molecule has 1 aliphatic heterocycles. The van der Waals surface area contributed by atoms with Crippen LogP contribution in [0.4, 0.5) is 5.69 Å². The Labute approximate surface area is 141 Å². The third-order valence-corrected chi connectivity index (χ3v) is 4.17. The maximum atomic E-state index is 12.6. The van der Waals surface area contributed by atoms with Crippen molar-refractivity contribution in [1.82, 2.24) is 0 Å². The van der Waals surface area contributed by atoms with Crippen molar-refractivity contribution in [3.05, 3.63) is 64.7 Å². The largest absolute Gasteiger partial charge is 0.399 e. The van der Waals surface area contributed by atoms with Gasteiger partial charge in [0.05, 0.1) is 29.3 Å². The molecule has 0 unspecified atom stereocenters. The van der Waals surface area contributed by atoms with Gasteiger partial charge < -0.3 is 5.73 Å². The number of hydrogen-bond acceptors (Lipinski definition) is 4. The Morgan fingerprint density at radius 3 is 2.62 bits per heavy atom. The summed E-state index contributed by atoms with van der Waals surface area (Å²) in [6.07, 6.45) is 1.06. The standard InChI is InChI=1S/C20H19N3O/c1-20(2)11-15-7-8-16(22)9-17(15)18(23-20)10-19(24)14-5-3-13(12-21)4-6-14/h3-9H,10-11,22H2,1-2H3. The number of nitriles is 1. The van der Waals surface area contributed by atoms with E-state index >= 15 is 0 Å². The minimum Gasteiger partial charge on any atom is -0.399 e. The third-order valence-electron chi connectivity index (χ3n) is 4.17. The van der Waals surface area contributed by atoms with Gasteiger partial charge in [-0.3, -0.25) is 9.79 Å². The number of ketones is 1. The van der Waals surface area contributed by atoms with E-state index in [-0.39, 0.29) is 17.7 Å². The van der Waals surface area contributed by atoms with E-state index in [1.54, 1.807) is 24.3 Å². The Balaban J connectivity index is 1.93. The highest BCUT2D eigenvalue weighted by atomic mass is 16.1. The molecule has 0 aliphatic carbocycles. The first-order chi connectivity index (χ1) is 11.4. The fourth-order valence-electron chi connectivity index (χ4n) is 3.07. The fourth-order valence-corrected chi connectivity index (χ4v) is 3.07. The number of benzene rings is 2. The third kappa shape index (κ3) is 3.21. The van der Waals surface area contributed by atoms with Crippen molar-refractivity contribution in [2.24, 2.45) is 4.99 Å². The number of anilines is 1. The Hall–Kier alpha value is -2.93. The molecule has 0 bridgehead atoms. The second kappa shape index (κ2) is 5.93. The molecular weight excluding hydrogens is 298 g/mol. The van der Waals surface area contributed by atoms with E-state index in [0.717, 1.165) is 17.7 Å². The average Bonchev–Trinajstić information content (AvgIpc) is 2.55. The highest BCUT2D eigenvalue weighted by molar-refractivity contribution is 6.17. The van der Waals surface area contributed by atoms with Gasteiger partial charge in [-0.1, -0.05) is 18.2 Å². The Morgan fingerprint density at radius 1 is 1.25 bits per heavy atom. The number of Topliss-reactive ketones (excluding diaryl/α,β-unsaturated/α-hetero) is 1. The van der Waals surface area contributed by atoms with Crippen LogP contribution in [0.1, 0.15) is 47.3 Å². The lowest BCUT2D eigenvalue weighted by Gasteiger charge is -2.29. The van der Waals surface area contributed by atoms with E-state index in [2.05, 4.69) is 19.9 Å². The molecule has 0 saturated carbocycles. The molecule has 4 nitrogen and oxygen atoms in total. The lowest BCUT2D eigenvalue weighted by molar-refractivity contribution is 0.100. The molecule has 0 amide bonds. The molecule has 0 aromatic heterocycles. The van der Waals surface area contributed by atoms with Crippen molar-refractivity contribution in [3.63, 3.8) is 0 Å². The van der Waals surface area contributed by atoms with Crippen molar-refractivity contribution in [1.29, 1.82) is 5.26 Å². The quantitative estimate of drug-likeness (QED) is 0.694. The number of nitrogen functional groups attached to an aromatic ring is 1. The van der Waals surface area contributed by atoms with E-state index in [0.29, 0.717) is 16.8 Å². The van der Waals surface area contributed by atoms with Gasteiger partial charge in [-0.05, 0) is 50.1 Å². The first-order valence-corrected chi connectivity index (χ1v) is 7.89. The molecule has 0 atom stereocenters. The van der Waals surface area contributed by atoms with E-state index in [1.165, 1.54) is 5.56 Å². The summed E-state index contributed by atoms with van der Waals surface area (Å²) < 4.78 is 0. The fraction of sp³-hybridized carbons (Fsp3) is 0.250. The lowest BCUT2D eigenvalue weighted by atomic mass is 9.85. The van der Waals surface area contributed by atoms with Crippen LogP contribution >= 0.6 is 0 Å². The summed E-state index contributed by atoms with van der Waals surface area (Å²) in [6.45, 7) is 4.14. The second-order valence-electron chi connectivity index (χ2n) is 6.75. The van der Waals surface area contributed by atoms with Crippen LogP contribution in [-0.2, 0) is 6.42 Å². The Kier molecular flexibility index (Phi) is 3.94. The Bertz CT molecular complexity index is 871. The number of nitrogens with two attached hydrogens (primary N) is 1. The van der Waals surface area contributed by atoms with Crippen LogP contribution in [0.2, 0.25) is 0 Å². The summed E-state index contributed by atoms with van der Waals surface area (Å²) >= 11 is 0. The molecule has 24 heavy (non-hydrogen) atoms. The van der Waals surface area contributed by atoms with Gasteiger partial charge in [0, 0.05) is 16.8 Å². The van der Waals surface area contributed by atoms with Gasteiger partial charge in [0.25, 0.3) is 0 Å². The molecule has 1 aliphatic rings. The summed E-state index contributed by atoms with van der Waals surface area (Å²) in [5.41, 5.74) is 10.4. The van der Waals surface area contributed by atoms with Crippen molar-refractivity contribution in [3.8, 4) is 6.07 Å². The number of aliphatic imine (C=N–C) groups is 1. The van der Waals surface area contributed by atoms with Crippen molar-refractivity contribution < 1.29 is 4.79 Å². The predicted octanol–water partition coefficient (Wildman–Crippen LogP) is 3.54. The van der Waals surface area contributed by atoms with E-state index in [9.17, 15) is 4.79 Å². The average molecular weight is 317 g/mol. The SMILES string of the molecule is CC1(C)Cc2ccc(N)cc2C(CC(=O)c2ccc(C#N)cc2)=N1. The lowest BCUT2D eigenvalue weighted by Crippen LogP contribution is -2.30. The maximum absolute atomic E-state index is 12.6. The molecule has 3 rings (SSSR count). The van der Waals surface area contributed by atoms with Gasteiger partial charge >= 0.3 is 0 Å². The minimum absolute atomic E-state index is 0.00989. The van der Waals surface area contributed by atoms with E-state index in [1.807, 2.05) is 18.2 Å². The van der Waals surface area contributed by atoms with E-state index in [4.69, 9.17) is 16.0 Å². The molecule has 0 fully saturated rings. The van der Waals surface area contributed by atoms with Crippen molar-refractivity contribution in [2.75, 3.05) is 5.73 Å². The number of rotatable bonds is 3. The summed E-state index contributed by atoms with van der Waals surface area (Å²) in [6, 6.07) is 14.6. The maximum Gasteiger partial charge on any atom is 0.168 e. The van der Waals surface area contributed by atoms with Gasteiger partial charge in [0.2, 0.25) is 0 Å². The van der Waals surface area contributed by atoms with Crippen LogP contribution in [0.25, 0.3) is 0 Å². The number of fused-ring (bicyclic) bond motifs is 1. The van der Waals surface area contributed by atoms with Crippen LogP contribution < -0.4 is 5.73 Å². The molecule has 2 N–H and O–H groups in total. The number of carbonyl (C=O) groups excluding carboxylic acids is 1. The molecule has 0 spiro atoms. The highest BCUT2D eigenvalue weighted by Gasteiger charge is 2.27. The smallest absolute Gasteiger partial charge is 0.168 e. The molecule has 2 aromatic carbocycles. The monoisotopic (exact) mass is 317 g/mol. The summed E-state index contributed by atoms with van der Waals surface area (Å²) in [7, 11) is 0. The van der Waals surface area contributed by atoms with Crippen LogP contribution in [0.3, 0.4) is 0 Å². The zero-order valence-corrected chi connectivity index (χ0v) is 13.8. The molecule has 2 aromatic rings. The van der Waals surface area contributed by atoms with E-state index < -0.39 is 0 Å². The number of hydrogen-bond donors (Lipinski definition) is 1. The first kappa shape index (κ1) is 15.9. The number of carbonyl (C=O) groups is 1. The predicted molar refractivity (Wildman–Crippen MR) is 95.3 cm³/mol. The van der Waals surface area contributed by atoms with Crippen LogP contribution in [0.5, 0.6) is 0 Å². The molecular formula is C20H19N3O. The first-order valence-electron chi connectivity index (χ1n) is 7.89. The van der Waals surface area contributed by atoms with Crippen molar-refractivity contribution >= 4 is 17.2 Å². The second-order valence-corrected chi connectivity index (χ2v) is 6.75. The molecule has 4 heteroatoms. The van der Waals surface area contributed by atoms with Crippen molar-refractivity contribution in [2.45, 2.75) is 32.2 Å². The zero-order chi connectivity index (χ0) is 17.3. The van der Waals surface area contributed by atoms with Gasteiger partial charge in [-0.25, -0.2) is 0 Å². The van der Waals surface area contributed by atoms with Crippen LogP contribution in [-0.4, -0.2) is 17.0 Å². The Morgan fingerprint density at radius 2 is 1.96 bits per heavy atom. The van der Waals surface area contributed by atoms with Gasteiger partial charge in [-0.15, -0.1) is 0 Å². The number of nitrogens with zero attached hydrogens (tertiary/aromatic N) is 2. The minimum atomic E-state index is -0.233. The highest BCUT2D eigenvalue weighted by Crippen LogP contribution is 2.29. The topological polar surface area (TPSA) is 79.2 Å². The van der Waals surface area contributed by atoms with Gasteiger partial charge in [-0.2, -0.15) is 5.26 Å². The molecule has 0 radical (unpaired) electrons. The normalized spacial score (nSPS) is 15.1. The van der Waals surface area contributed by atoms with Gasteiger partial charge in [0.1, 0.15) is 0 Å². The van der Waals surface area contributed by atoms with Crippen LogP contribution in [0, 0.1) is 11.3 Å². The molecule has 120 valence electrons. The summed E-state index contributed by atoms with van der Waals surface area (Å²) in [4.78, 5) is 17.4. The molecule has 0 saturated heterocycles. The summed E-state index contributed by atoms with van der Waals surface area (Å²) in [5, 5.41) is 8.86.